The maximum atomic E-state index is 11.3. The van der Waals surface area contributed by atoms with Crippen LogP contribution >= 0.6 is 0 Å². The van der Waals surface area contributed by atoms with Gasteiger partial charge in [0.15, 0.2) is 0 Å². The summed E-state index contributed by atoms with van der Waals surface area (Å²) in [4.78, 5) is 15.5. The molecule has 0 fully saturated rings. The largest absolute Gasteiger partial charge is 0.375 e. The Morgan fingerprint density at radius 3 is 2.63 bits per heavy atom. The highest BCUT2D eigenvalue weighted by molar-refractivity contribution is 5.77. The van der Waals surface area contributed by atoms with Crippen molar-refractivity contribution in [1.82, 2.24) is 10.3 Å². The number of hydrogen-bond donors (Lipinski definition) is 1. The lowest BCUT2D eigenvalue weighted by Gasteiger charge is -2.06. The fraction of sp³-hybridized carbons (Fsp3) is 0.200. The normalized spacial score (nSPS) is 10.2. The molecule has 0 aliphatic carbocycles. The average molecular weight is 256 g/mol. The summed E-state index contributed by atoms with van der Waals surface area (Å²) in [6.45, 7) is 0.594. The molecule has 1 aromatic carbocycles. The molecule has 2 aromatic rings. The molecule has 0 bridgehead atoms. The van der Waals surface area contributed by atoms with E-state index >= 15 is 0 Å². The van der Waals surface area contributed by atoms with Crippen LogP contribution in [0.3, 0.4) is 0 Å². The second-order valence-corrected chi connectivity index (χ2v) is 4.12. The SMILES string of the molecule is COCC(=O)NCc1ccc(-c2ccccn2)cc1. The molecule has 1 aromatic heterocycles. The summed E-state index contributed by atoms with van der Waals surface area (Å²) in [7, 11) is 1.50. The third-order valence-electron chi connectivity index (χ3n) is 2.68. The molecule has 0 spiro atoms. The standard InChI is InChI=1S/C15H16N2O2/c1-19-11-15(18)17-10-12-5-7-13(8-6-12)14-4-2-3-9-16-14/h2-9H,10-11H2,1H3,(H,17,18). The highest BCUT2D eigenvalue weighted by atomic mass is 16.5. The molecule has 1 heterocycles. The van der Waals surface area contributed by atoms with Gasteiger partial charge in [-0.3, -0.25) is 9.78 Å². The summed E-state index contributed by atoms with van der Waals surface area (Å²) in [5.41, 5.74) is 3.05. The molecular weight excluding hydrogens is 240 g/mol. The predicted octanol–water partition coefficient (Wildman–Crippen LogP) is 2.01. The zero-order chi connectivity index (χ0) is 13.5. The molecule has 0 saturated heterocycles. The fourth-order valence-electron chi connectivity index (χ4n) is 1.71. The molecule has 0 unspecified atom stereocenters. The van der Waals surface area contributed by atoms with Gasteiger partial charge in [0.1, 0.15) is 6.61 Å². The fourth-order valence-corrected chi connectivity index (χ4v) is 1.71. The second-order valence-electron chi connectivity index (χ2n) is 4.12. The summed E-state index contributed by atoms with van der Waals surface area (Å²) in [6, 6.07) is 13.8. The smallest absolute Gasteiger partial charge is 0.246 e. The molecule has 4 heteroatoms. The molecule has 98 valence electrons. The first-order chi connectivity index (χ1) is 9.29. The van der Waals surface area contributed by atoms with Crippen LogP contribution in [0.25, 0.3) is 11.3 Å². The minimum atomic E-state index is -0.115. The van der Waals surface area contributed by atoms with Crippen LogP contribution < -0.4 is 5.32 Å². The number of amides is 1. The van der Waals surface area contributed by atoms with Crippen LogP contribution in [0.2, 0.25) is 0 Å². The van der Waals surface area contributed by atoms with Gasteiger partial charge in [-0.15, -0.1) is 0 Å². The molecule has 0 atom stereocenters. The van der Waals surface area contributed by atoms with Crippen molar-refractivity contribution < 1.29 is 9.53 Å². The van der Waals surface area contributed by atoms with E-state index in [0.717, 1.165) is 16.8 Å². The van der Waals surface area contributed by atoms with Crippen LogP contribution in [0.4, 0.5) is 0 Å². The van der Waals surface area contributed by atoms with Crippen molar-refractivity contribution in [3.05, 3.63) is 54.2 Å². The van der Waals surface area contributed by atoms with E-state index in [0.29, 0.717) is 6.54 Å². The number of rotatable bonds is 5. The van der Waals surface area contributed by atoms with Crippen molar-refractivity contribution in [1.29, 1.82) is 0 Å². The molecule has 0 saturated carbocycles. The van der Waals surface area contributed by atoms with Gasteiger partial charge in [0, 0.05) is 25.4 Å². The first-order valence-electron chi connectivity index (χ1n) is 6.05. The second kappa shape index (κ2) is 6.66. The molecule has 2 rings (SSSR count). The summed E-state index contributed by atoms with van der Waals surface area (Å²) >= 11 is 0. The lowest BCUT2D eigenvalue weighted by atomic mass is 10.1. The van der Waals surface area contributed by atoms with Gasteiger partial charge in [-0.2, -0.15) is 0 Å². The van der Waals surface area contributed by atoms with Crippen LogP contribution in [0, 0.1) is 0 Å². The van der Waals surface area contributed by atoms with Gasteiger partial charge < -0.3 is 10.1 Å². The number of benzene rings is 1. The Morgan fingerprint density at radius 2 is 2.00 bits per heavy atom. The van der Waals surface area contributed by atoms with Crippen molar-refractivity contribution in [3.63, 3.8) is 0 Å². The Balaban J connectivity index is 1.97. The molecule has 4 nitrogen and oxygen atoms in total. The Kier molecular flexibility index (Phi) is 4.64. The lowest BCUT2D eigenvalue weighted by molar-refractivity contribution is -0.124. The molecule has 0 aliphatic rings. The summed E-state index contributed by atoms with van der Waals surface area (Å²) in [5, 5.41) is 2.78. The van der Waals surface area contributed by atoms with E-state index in [-0.39, 0.29) is 12.5 Å². The van der Waals surface area contributed by atoms with E-state index in [1.165, 1.54) is 7.11 Å². The van der Waals surface area contributed by atoms with Gasteiger partial charge in [-0.05, 0) is 17.7 Å². The van der Waals surface area contributed by atoms with Crippen molar-refractivity contribution in [2.45, 2.75) is 6.54 Å². The number of hydrogen-bond acceptors (Lipinski definition) is 3. The van der Waals surface area contributed by atoms with Gasteiger partial charge in [0.2, 0.25) is 5.91 Å². The maximum absolute atomic E-state index is 11.3. The third kappa shape index (κ3) is 3.89. The van der Waals surface area contributed by atoms with E-state index in [1.807, 2.05) is 42.5 Å². The number of aromatic nitrogens is 1. The predicted molar refractivity (Wildman–Crippen MR) is 73.4 cm³/mol. The van der Waals surface area contributed by atoms with Crippen molar-refractivity contribution >= 4 is 5.91 Å². The van der Waals surface area contributed by atoms with Gasteiger partial charge >= 0.3 is 0 Å². The van der Waals surface area contributed by atoms with Gasteiger partial charge in [0.25, 0.3) is 0 Å². The zero-order valence-electron chi connectivity index (χ0n) is 10.8. The van der Waals surface area contributed by atoms with Gasteiger partial charge in [0.05, 0.1) is 5.69 Å². The van der Waals surface area contributed by atoms with Gasteiger partial charge in [-0.25, -0.2) is 0 Å². The molecule has 19 heavy (non-hydrogen) atoms. The van der Waals surface area contributed by atoms with E-state index in [2.05, 4.69) is 10.3 Å². The molecule has 1 N–H and O–H groups in total. The van der Waals surface area contributed by atoms with Crippen LogP contribution in [0.5, 0.6) is 0 Å². The topological polar surface area (TPSA) is 51.2 Å². The highest BCUT2D eigenvalue weighted by Crippen LogP contribution is 2.16. The van der Waals surface area contributed by atoms with Crippen molar-refractivity contribution in [2.24, 2.45) is 0 Å². The third-order valence-corrected chi connectivity index (χ3v) is 2.68. The molecule has 1 amide bonds. The van der Waals surface area contributed by atoms with E-state index in [1.54, 1.807) is 6.20 Å². The first-order valence-corrected chi connectivity index (χ1v) is 6.05. The minimum Gasteiger partial charge on any atom is -0.375 e. The number of nitrogens with zero attached hydrogens (tertiary/aromatic N) is 1. The minimum absolute atomic E-state index is 0.0893. The first kappa shape index (κ1) is 13.2. The van der Waals surface area contributed by atoms with Crippen LogP contribution in [-0.4, -0.2) is 24.6 Å². The Hall–Kier alpha value is -2.20. The number of nitrogens with one attached hydrogen (secondary N) is 1. The zero-order valence-corrected chi connectivity index (χ0v) is 10.8. The number of carbonyl (C=O) groups is 1. The van der Waals surface area contributed by atoms with Gasteiger partial charge in [-0.1, -0.05) is 30.3 Å². The summed E-state index contributed by atoms with van der Waals surface area (Å²) < 4.78 is 4.75. The number of ether oxygens (including phenoxy) is 1. The average Bonchev–Trinajstić information content (AvgIpc) is 2.47. The van der Waals surface area contributed by atoms with Crippen molar-refractivity contribution in [2.75, 3.05) is 13.7 Å². The lowest BCUT2D eigenvalue weighted by Crippen LogP contribution is -2.26. The Bertz CT molecular complexity index is 524. The quantitative estimate of drug-likeness (QED) is 0.890. The number of methoxy groups -OCH3 is 1. The Morgan fingerprint density at radius 1 is 1.21 bits per heavy atom. The monoisotopic (exact) mass is 256 g/mol. The molecule has 0 radical (unpaired) electrons. The molecule has 0 aliphatic heterocycles. The van der Waals surface area contributed by atoms with Crippen LogP contribution in [0.1, 0.15) is 5.56 Å². The number of carbonyl (C=O) groups excluding carboxylic acids is 1. The summed E-state index contributed by atoms with van der Waals surface area (Å²) in [5.74, 6) is -0.115. The Labute approximate surface area is 112 Å². The number of pyridine rings is 1. The van der Waals surface area contributed by atoms with Crippen LogP contribution in [-0.2, 0) is 16.1 Å². The highest BCUT2D eigenvalue weighted by Gasteiger charge is 2.01. The van der Waals surface area contributed by atoms with E-state index in [4.69, 9.17) is 4.74 Å². The van der Waals surface area contributed by atoms with Crippen molar-refractivity contribution in [3.8, 4) is 11.3 Å². The molecular formula is C15H16N2O2. The maximum Gasteiger partial charge on any atom is 0.246 e. The van der Waals surface area contributed by atoms with E-state index in [9.17, 15) is 4.79 Å². The van der Waals surface area contributed by atoms with E-state index < -0.39 is 0 Å². The summed E-state index contributed by atoms with van der Waals surface area (Å²) in [6.07, 6.45) is 1.77. The van der Waals surface area contributed by atoms with Crippen LogP contribution in [0.15, 0.2) is 48.7 Å².